The highest BCUT2D eigenvalue weighted by Crippen LogP contribution is 2.16. The average molecular weight is 200 g/mol. The molecule has 1 saturated heterocycles. The van der Waals surface area contributed by atoms with Crippen molar-refractivity contribution in [2.24, 2.45) is 5.92 Å². The molecule has 0 unspecified atom stereocenters. The van der Waals surface area contributed by atoms with Gasteiger partial charge in [0.15, 0.2) is 0 Å². The Morgan fingerprint density at radius 2 is 2.36 bits per heavy atom. The van der Waals surface area contributed by atoms with Gasteiger partial charge in [0.2, 0.25) is 0 Å². The molecule has 0 aromatic carbocycles. The molecule has 0 bridgehead atoms. The number of aliphatic carboxylic acids is 1. The molecule has 2 amide bonds. The van der Waals surface area contributed by atoms with Crippen molar-refractivity contribution in [1.29, 1.82) is 0 Å². The molecule has 0 radical (unpaired) electrons. The number of amides is 2. The number of urea groups is 1. The third-order valence-electron chi connectivity index (χ3n) is 2.66. The standard InChI is InChI=1S/C9H16N2O3/c1-3-6(2)7(8(12)13)11-5-4-10-9(11)14/h6-7H,3-5H2,1-2H3,(H,10,14)(H,12,13)/t6-,7-/m0/s1. The molecule has 80 valence electrons. The molecule has 0 aromatic heterocycles. The van der Waals surface area contributed by atoms with Crippen LogP contribution in [0.1, 0.15) is 20.3 Å². The first kappa shape index (κ1) is 10.8. The third-order valence-corrected chi connectivity index (χ3v) is 2.66. The van der Waals surface area contributed by atoms with Crippen molar-refractivity contribution in [3.8, 4) is 0 Å². The molecule has 2 atom stereocenters. The van der Waals surface area contributed by atoms with Gasteiger partial charge in [0.05, 0.1) is 0 Å². The number of carbonyl (C=O) groups is 2. The first-order chi connectivity index (χ1) is 6.57. The summed E-state index contributed by atoms with van der Waals surface area (Å²) >= 11 is 0. The maximum Gasteiger partial charge on any atom is 0.326 e. The van der Waals surface area contributed by atoms with Gasteiger partial charge in [-0.25, -0.2) is 9.59 Å². The molecule has 0 saturated carbocycles. The zero-order valence-electron chi connectivity index (χ0n) is 8.49. The Hall–Kier alpha value is -1.26. The molecule has 1 fully saturated rings. The van der Waals surface area contributed by atoms with Crippen molar-refractivity contribution >= 4 is 12.0 Å². The summed E-state index contributed by atoms with van der Waals surface area (Å²) in [5, 5.41) is 11.6. The van der Waals surface area contributed by atoms with E-state index in [1.165, 1.54) is 4.90 Å². The Morgan fingerprint density at radius 1 is 1.71 bits per heavy atom. The fourth-order valence-corrected chi connectivity index (χ4v) is 1.66. The third kappa shape index (κ3) is 1.97. The van der Waals surface area contributed by atoms with E-state index in [2.05, 4.69) is 5.32 Å². The lowest BCUT2D eigenvalue weighted by molar-refractivity contribution is -0.143. The first-order valence-corrected chi connectivity index (χ1v) is 4.85. The van der Waals surface area contributed by atoms with Crippen LogP contribution in [0.5, 0.6) is 0 Å². The topological polar surface area (TPSA) is 69.6 Å². The molecule has 1 aliphatic heterocycles. The van der Waals surface area contributed by atoms with Gasteiger partial charge in [0.25, 0.3) is 0 Å². The smallest absolute Gasteiger partial charge is 0.326 e. The van der Waals surface area contributed by atoms with E-state index in [0.717, 1.165) is 6.42 Å². The Kier molecular flexibility index (Phi) is 3.33. The lowest BCUT2D eigenvalue weighted by Crippen LogP contribution is -2.46. The number of carbonyl (C=O) groups excluding carboxylic acids is 1. The highest BCUT2D eigenvalue weighted by atomic mass is 16.4. The molecule has 0 spiro atoms. The van der Waals surface area contributed by atoms with Gasteiger partial charge in [-0.15, -0.1) is 0 Å². The SMILES string of the molecule is CC[C@H](C)[C@@H](C(=O)O)N1CCNC1=O. The van der Waals surface area contributed by atoms with Gasteiger partial charge in [-0.3, -0.25) is 0 Å². The van der Waals surface area contributed by atoms with Crippen molar-refractivity contribution in [1.82, 2.24) is 10.2 Å². The largest absolute Gasteiger partial charge is 0.480 e. The number of hydrogen-bond donors (Lipinski definition) is 2. The van der Waals surface area contributed by atoms with E-state index in [1.54, 1.807) is 0 Å². The summed E-state index contributed by atoms with van der Waals surface area (Å²) in [4.78, 5) is 23.7. The Labute approximate surface area is 83.1 Å². The van der Waals surface area contributed by atoms with Gasteiger partial charge in [-0.05, 0) is 5.92 Å². The van der Waals surface area contributed by atoms with E-state index in [0.29, 0.717) is 13.1 Å². The van der Waals surface area contributed by atoms with E-state index < -0.39 is 12.0 Å². The fraction of sp³-hybridized carbons (Fsp3) is 0.778. The molecule has 5 nitrogen and oxygen atoms in total. The summed E-state index contributed by atoms with van der Waals surface area (Å²) < 4.78 is 0. The lowest BCUT2D eigenvalue weighted by Gasteiger charge is -2.27. The summed E-state index contributed by atoms with van der Waals surface area (Å²) in [6.45, 7) is 4.80. The molecule has 14 heavy (non-hydrogen) atoms. The van der Waals surface area contributed by atoms with Crippen LogP contribution >= 0.6 is 0 Å². The van der Waals surface area contributed by atoms with Crippen LogP contribution in [0.2, 0.25) is 0 Å². The van der Waals surface area contributed by atoms with Gasteiger partial charge in [-0.1, -0.05) is 20.3 Å². The Balaban J connectivity index is 2.76. The number of carboxylic acid groups (broad SMARTS) is 1. The Morgan fingerprint density at radius 3 is 2.71 bits per heavy atom. The first-order valence-electron chi connectivity index (χ1n) is 4.85. The second-order valence-corrected chi connectivity index (χ2v) is 3.59. The van der Waals surface area contributed by atoms with Crippen LogP contribution in [-0.2, 0) is 4.79 Å². The van der Waals surface area contributed by atoms with Crippen molar-refractivity contribution in [2.45, 2.75) is 26.3 Å². The highest BCUT2D eigenvalue weighted by molar-refractivity contribution is 5.84. The van der Waals surface area contributed by atoms with Crippen LogP contribution in [-0.4, -0.2) is 41.1 Å². The molecule has 0 aliphatic carbocycles. The molecule has 2 N–H and O–H groups in total. The fourth-order valence-electron chi connectivity index (χ4n) is 1.66. The van der Waals surface area contributed by atoms with Crippen LogP contribution in [0.4, 0.5) is 4.79 Å². The van der Waals surface area contributed by atoms with E-state index in [4.69, 9.17) is 5.11 Å². The maximum absolute atomic E-state index is 11.3. The van der Waals surface area contributed by atoms with Gasteiger partial charge in [-0.2, -0.15) is 0 Å². The van der Waals surface area contributed by atoms with Crippen LogP contribution in [0.3, 0.4) is 0 Å². The predicted molar refractivity (Wildman–Crippen MR) is 51.0 cm³/mol. The van der Waals surface area contributed by atoms with E-state index in [1.807, 2.05) is 13.8 Å². The van der Waals surface area contributed by atoms with Gasteiger partial charge >= 0.3 is 12.0 Å². The number of rotatable bonds is 4. The number of nitrogens with zero attached hydrogens (tertiary/aromatic N) is 1. The predicted octanol–water partition coefficient (Wildman–Crippen LogP) is 0.511. The number of carboxylic acids is 1. The van der Waals surface area contributed by atoms with E-state index in [-0.39, 0.29) is 11.9 Å². The molecular weight excluding hydrogens is 184 g/mol. The van der Waals surface area contributed by atoms with Crippen molar-refractivity contribution in [3.63, 3.8) is 0 Å². The summed E-state index contributed by atoms with van der Waals surface area (Å²) in [7, 11) is 0. The van der Waals surface area contributed by atoms with Crippen molar-refractivity contribution < 1.29 is 14.7 Å². The molecular formula is C9H16N2O3. The minimum absolute atomic E-state index is 0.0173. The summed E-state index contributed by atoms with van der Waals surface area (Å²) in [6.07, 6.45) is 0.751. The maximum atomic E-state index is 11.3. The molecule has 0 aromatic rings. The van der Waals surface area contributed by atoms with Crippen LogP contribution in [0, 0.1) is 5.92 Å². The molecule has 1 heterocycles. The van der Waals surface area contributed by atoms with Crippen molar-refractivity contribution in [2.75, 3.05) is 13.1 Å². The summed E-state index contributed by atoms with van der Waals surface area (Å²) in [6, 6.07) is -0.958. The van der Waals surface area contributed by atoms with Crippen LogP contribution in [0.15, 0.2) is 0 Å². The van der Waals surface area contributed by atoms with Crippen LogP contribution in [0.25, 0.3) is 0 Å². The monoisotopic (exact) mass is 200 g/mol. The van der Waals surface area contributed by atoms with Gasteiger partial charge in [0, 0.05) is 13.1 Å². The highest BCUT2D eigenvalue weighted by Gasteiger charge is 2.35. The van der Waals surface area contributed by atoms with Gasteiger partial charge < -0.3 is 15.3 Å². The molecule has 5 heteroatoms. The number of hydrogen-bond acceptors (Lipinski definition) is 2. The molecule has 1 aliphatic rings. The van der Waals surface area contributed by atoms with E-state index >= 15 is 0 Å². The second kappa shape index (κ2) is 4.30. The second-order valence-electron chi connectivity index (χ2n) is 3.59. The number of nitrogens with one attached hydrogen (secondary N) is 1. The lowest BCUT2D eigenvalue weighted by atomic mass is 9.98. The quantitative estimate of drug-likeness (QED) is 0.694. The summed E-state index contributed by atoms with van der Waals surface area (Å²) in [5.74, 6) is -0.937. The minimum atomic E-state index is -0.920. The van der Waals surface area contributed by atoms with Gasteiger partial charge in [0.1, 0.15) is 6.04 Å². The van der Waals surface area contributed by atoms with Crippen molar-refractivity contribution in [3.05, 3.63) is 0 Å². The normalized spacial score (nSPS) is 20.4. The average Bonchev–Trinajstić information content (AvgIpc) is 2.52. The van der Waals surface area contributed by atoms with Crippen LogP contribution < -0.4 is 5.32 Å². The zero-order chi connectivity index (χ0) is 10.7. The Bertz CT molecular complexity index is 242. The zero-order valence-corrected chi connectivity index (χ0v) is 8.49. The van der Waals surface area contributed by atoms with E-state index in [9.17, 15) is 9.59 Å². The minimum Gasteiger partial charge on any atom is -0.480 e. The molecule has 1 rings (SSSR count). The summed E-state index contributed by atoms with van der Waals surface area (Å²) in [5.41, 5.74) is 0.